The molecule has 0 saturated heterocycles. The summed E-state index contributed by atoms with van der Waals surface area (Å²) in [4.78, 5) is 12.5. The van der Waals surface area contributed by atoms with Crippen LogP contribution in [0.2, 0.25) is 5.02 Å². The topological polar surface area (TPSA) is 91.2 Å². The second-order valence-electron chi connectivity index (χ2n) is 7.16. The molecule has 0 aliphatic rings. The van der Waals surface area contributed by atoms with Gasteiger partial charge in [-0.1, -0.05) is 17.7 Å². The molecular formula is C22H24ClN5O3. The number of tetrazole rings is 1. The van der Waals surface area contributed by atoms with Gasteiger partial charge in [0.1, 0.15) is 0 Å². The summed E-state index contributed by atoms with van der Waals surface area (Å²) >= 11 is 6.34. The normalized spacial score (nSPS) is 11.2. The van der Waals surface area contributed by atoms with Crippen LogP contribution in [0.5, 0.6) is 11.5 Å². The minimum atomic E-state index is -0.291. The maximum Gasteiger partial charge on any atom is 0.248 e. The number of carbonyl (C=O) groups excluding carboxylic acids is 1. The largest absolute Gasteiger partial charge is 0.493 e. The monoisotopic (exact) mass is 441 g/mol. The van der Waals surface area contributed by atoms with Crippen molar-refractivity contribution in [1.29, 1.82) is 0 Å². The van der Waals surface area contributed by atoms with Gasteiger partial charge < -0.3 is 14.8 Å². The van der Waals surface area contributed by atoms with Crippen LogP contribution in [0.1, 0.15) is 30.8 Å². The average molecular weight is 442 g/mol. The molecule has 0 spiro atoms. The van der Waals surface area contributed by atoms with Crippen LogP contribution in [0, 0.1) is 13.8 Å². The highest BCUT2D eigenvalue weighted by Gasteiger charge is 2.13. The molecule has 0 fully saturated rings. The zero-order valence-electron chi connectivity index (χ0n) is 18.0. The van der Waals surface area contributed by atoms with E-state index in [0.717, 1.165) is 11.3 Å². The molecule has 3 aromatic rings. The summed E-state index contributed by atoms with van der Waals surface area (Å²) < 4.78 is 12.7. The summed E-state index contributed by atoms with van der Waals surface area (Å²) in [5, 5.41) is 14.8. The van der Waals surface area contributed by atoms with Gasteiger partial charge in [-0.3, -0.25) is 4.79 Å². The van der Waals surface area contributed by atoms with Gasteiger partial charge in [-0.05, 0) is 79.6 Å². The third-order valence-electron chi connectivity index (χ3n) is 4.36. The van der Waals surface area contributed by atoms with Crippen LogP contribution in [-0.4, -0.2) is 39.3 Å². The van der Waals surface area contributed by atoms with Crippen molar-refractivity contribution in [3.8, 4) is 17.2 Å². The van der Waals surface area contributed by atoms with Gasteiger partial charge in [0.15, 0.2) is 17.3 Å². The van der Waals surface area contributed by atoms with Crippen LogP contribution in [0.15, 0.2) is 36.4 Å². The lowest BCUT2D eigenvalue weighted by atomic mass is 10.1. The molecule has 1 aromatic heterocycles. The van der Waals surface area contributed by atoms with E-state index in [1.165, 1.54) is 6.08 Å². The van der Waals surface area contributed by atoms with Crippen molar-refractivity contribution in [3.63, 3.8) is 0 Å². The van der Waals surface area contributed by atoms with Crippen LogP contribution in [0.4, 0.5) is 5.69 Å². The van der Waals surface area contributed by atoms with Crippen molar-refractivity contribution in [1.82, 2.24) is 20.2 Å². The van der Waals surface area contributed by atoms with Crippen molar-refractivity contribution in [2.45, 2.75) is 33.8 Å². The van der Waals surface area contributed by atoms with E-state index in [-0.39, 0.29) is 12.0 Å². The first-order valence-electron chi connectivity index (χ1n) is 9.67. The van der Waals surface area contributed by atoms with Gasteiger partial charge in [-0.15, -0.1) is 5.10 Å². The molecule has 2 aromatic carbocycles. The number of halogens is 1. The van der Waals surface area contributed by atoms with Crippen molar-refractivity contribution in [2.24, 2.45) is 0 Å². The third kappa shape index (κ3) is 5.40. The Morgan fingerprint density at radius 2 is 2.00 bits per heavy atom. The molecule has 0 aliphatic heterocycles. The van der Waals surface area contributed by atoms with Crippen molar-refractivity contribution in [3.05, 3.63) is 58.4 Å². The number of nitrogens with zero attached hydrogens (tertiary/aromatic N) is 4. The van der Waals surface area contributed by atoms with E-state index < -0.39 is 0 Å². The average Bonchev–Trinajstić information content (AvgIpc) is 3.15. The van der Waals surface area contributed by atoms with Crippen LogP contribution in [0.3, 0.4) is 0 Å². The predicted octanol–water partition coefficient (Wildman–Crippen LogP) is 4.38. The Bertz CT molecular complexity index is 1120. The predicted molar refractivity (Wildman–Crippen MR) is 120 cm³/mol. The minimum Gasteiger partial charge on any atom is -0.493 e. The summed E-state index contributed by atoms with van der Waals surface area (Å²) in [6.07, 6.45) is 3.04. The Labute approximate surface area is 185 Å². The number of benzene rings is 2. The zero-order valence-corrected chi connectivity index (χ0v) is 18.8. The molecule has 1 heterocycles. The fourth-order valence-corrected chi connectivity index (χ4v) is 3.18. The molecule has 8 nitrogen and oxygen atoms in total. The van der Waals surface area contributed by atoms with E-state index in [4.69, 9.17) is 21.1 Å². The number of carbonyl (C=O) groups is 1. The number of ether oxygens (including phenoxy) is 2. The van der Waals surface area contributed by atoms with Crippen molar-refractivity contribution >= 4 is 29.3 Å². The van der Waals surface area contributed by atoms with E-state index in [9.17, 15) is 4.79 Å². The van der Waals surface area contributed by atoms with E-state index >= 15 is 0 Å². The van der Waals surface area contributed by atoms with E-state index in [1.54, 1.807) is 30.0 Å². The van der Waals surface area contributed by atoms with Gasteiger partial charge in [0.25, 0.3) is 0 Å². The lowest BCUT2D eigenvalue weighted by molar-refractivity contribution is -0.111. The van der Waals surface area contributed by atoms with Crippen LogP contribution >= 0.6 is 11.6 Å². The molecule has 1 amide bonds. The lowest BCUT2D eigenvalue weighted by Crippen LogP contribution is -2.09. The maximum atomic E-state index is 12.5. The number of hydrogen-bond donors (Lipinski definition) is 1. The van der Waals surface area contributed by atoms with E-state index in [2.05, 4.69) is 20.8 Å². The number of hydrogen-bond acceptors (Lipinski definition) is 6. The van der Waals surface area contributed by atoms with Gasteiger partial charge in [0, 0.05) is 11.8 Å². The maximum absolute atomic E-state index is 12.5. The summed E-state index contributed by atoms with van der Waals surface area (Å²) in [5.41, 5.74) is 3.11. The summed E-state index contributed by atoms with van der Waals surface area (Å²) in [6.45, 7) is 7.58. The highest BCUT2D eigenvalue weighted by Crippen LogP contribution is 2.37. The third-order valence-corrected chi connectivity index (χ3v) is 4.64. The zero-order chi connectivity index (χ0) is 22.5. The quantitative estimate of drug-likeness (QED) is 0.547. The molecule has 0 saturated carbocycles. The van der Waals surface area contributed by atoms with Gasteiger partial charge >= 0.3 is 0 Å². The summed E-state index contributed by atoms with van der Waals surface area (Å²) in [5.74, 6) is 1.34. The molecule has 31 heavy (non-hydrogen) atoms. The van der Waals surface area contributed by atoms with Gasteiger partial charge in [-0.25, -0.2) is 0 Å². The molecule has 0 aliphatic carbocycles. The SMILES string of the molecule is COc1cc(/C=C/C(=O)Nc2ccc(C)c(-n3nnnc3C)c2)cc(Cl)c1OC(C)C. The molecule has 9 heteroatoms. The van der Waals surface area contributed by atoms with Gasteiger partial charge in [0.2, 0.25) is 5.91 Å². The highest BCUT2D eigenvalue weighted by molar-refractivity contribution is 6.32. The number of nitrogens with one attached hydrogen (secondary N) is 1. The molecule has 0 radical (unpaired) electrons. The van der Waals surface area contributed by atoms with E-state index in [0.29, 0.717) is 33.6 Å². The van der Waals surface area contributed by atoms with Gasteiger partial charge in [0.05, 0.1) is 23.9 Å². The first kappa shape index (κ1) is 22.3. The van der Waals surface area contributed by atoms with Crippen LogP contribution < -0.4 is 14.8 Å². The molecule has 0 bridgehead atoms. The Kier molecular flexibility index (Phi) is 6.91. The fraction of sp³-hybridized carbons (Fsp3) is 0.273. The fourth-order valence-electron chi connectivity index (χ4n) is 2.91. The summed E-state index contributed by atoms with van der Waals surface area (Å²) in [7, 11) is 1.54. The molecule has 0 unspecified atom stereocenters. The van der Waals surface area contributed by atoms with Crippen molar-refractivity contribution in [2.75, 3.05) is 12.4 Å². The molecule has 162 valence electrons. The Morgan fingerprint density at radius 3 is 2.65 bits per heavy atom. The number of aromatic nitrogens is 4. The van der Waals surface area contributed by atoms with E-state index in [1.807, 2.05) is 45.9 Å². The molecule has 0 atom stereocenters. The first-order chi connectivity index (χ1) is 14.8. The van der Waals surface area contributed by atoms with Crippen LogP contribution in [0.25, 0.3) is 11.8 Å². The summed E-state index contributed by atoms with van der Waals surface area (Å²) in [6, 6.07) is 9.02. The molecule has 1 N–H and O–H groups in total. The Morgan fingerprint density at radius 1 is 1.23 bits per heavy atom. The van der Waals surface area contributed by atoms with Crippen LogP contribution in [-0.2, 0) is 4.79 Å². The van der Waals surface area contributed by atoms with Gasteiger partial charge in [-0.2, -0.15) is 4.68 Å². The molecular weight excluding hydrogens is 418 g/mol. The number of amides is 1. The second kappa shape index (κ2) is 9.61. The Hall–Kier alpha value is -3.39. The smallest absolute Gasteiger partial charge is 0.248 e. The Balaban J connectivity index is 1.77. The first-order valence-corrected chi connectivity index (χ1v) is 10.1. The number of anilines is 1. The lowest BCUT2D eigenvalue weighted by Gasteiger charge is -2.15. The second-order valence-corrected chi connectivity index (χ2v) is 7.57. The number of methoxy groups -OCH3 is 1. The highest BCUT2D eigenvalue weighted by atomic mass is 35.5. The minimum absolute atomic E-state index is 0.0462. The standard InChI is InChI=1S/C22H24ClN5O3/c1-13(2)31-22-18(23)10-16(11-20(22)30-5)7-9-21(29)24-17-8-6-14(3)19(12-17)28-15(4)25-26-27-28/h6-13H,1-5H3,(H,24,29)/b9-7+. The number of aryl methyl sites for hydroxylation is 2. The number of rotatable bonds is 7. The molecule has 3 rings (SSSR count). The van der Waals surface area contributed by atoms with Crippen molar-refractivity contribution < 1.29 is 14.3 Å².